The standard InChI is InChI=1S/C25H40N7O5P/c1-9-18-17(8)20(37-38(35-12-10-11-26)32(15(4)5)16(6)7)24(36-18)31-13-27-19-21(31)28-25(30-23(19)34)29-22(33)14(2)3/h13-18,20,24H,9-10,12H2,1-8H3,(H2,28,29,30,33,34)/t17-,18-,20-,24-,38?/m1/s1. The van der Waals surface area contributed by atoms with E-state index in [0.717, 1.165) is 6.42 Å². The number of H-pyrrole nitrogens is 1. The molecule has 210 valence electrons. The van der Waals surface area contributed by atoms with Crippen LogP contribution in [0.5, 0.6) is 0 Å². The smallest absolute Gasteiger partial charge is 0.280 e. The van der Waals surface area contributed by atoms with Crippen molar-refractivity contribution in [1.82, 2.24) is 24.2 Å². The highest BCUT2D eigenvalue weighted by atomic mass is 31.2. The number of imidazole rings is 1. The zero-order valence-electron chi connectivity index (χ0n) is 23.5. The van der Waals surface area contributed by atoms with Crippen molar-refractivity contribution in [3.63, 3.8) is 0 Å². The van der Waals surface area contributed by atoms with E-state index in [4.69, 9.17) is 19.0 Å². The first kappa shape index (κ1) is 30.1. The molecule has 5 atom stereocenters. The summed E-state index contributed by atoms with van der Waals surface area (Å²) in [7, 11) is -1.53. The van der Waals surface area contributed by atoms with Crippen LogP contribution in [-0.2, 0) is 18.6 Å². The van der Waals surface area contributed by atoms with Gasteiger partial charge in [0.25, 0.3) is 14.1 Å². The lowest BCUT2D eigenvalue weighted by Gasteiger charge is -2.38. The van der Waals surface area contributed by atoms with E-state index in [1.54, 1.807) is 18.4 Å². The summed E-state index contributed by atoms with van der Waals surface area (Å²) in [5, 5.41) is 11.7. The molecule has 2 N–H and O–H groups in total. The molecule has 38 heavy (non-hydrogen) atoms. The normalized spacial score (nSPS) is 22.6. The molecule has 3 rings (SSSR count). The van der Waals surface area contributed by atoms with Crippen molar-refractivity contribution in [3.8, 4) is 6.07 Å². The van der Waals surface area contributed by atoms with Crippen LogP contribution >= 0.6 is 8.53 Å². The summed E-state index contributed by atoms with van der Waals surface area (Å²) in [5.41, 5.74) is -0.0353. The average Bonchev–Trinajstić information content (AvgIpc) is 3.39. The van der Waals surface area contributed by atoms with Gasteiger partial charge in [-0.2, -0.15) is 10.2 Å². The quantitative estimate of drug-likeness (QED) is 0.292. The minimum atomic E-state index is -1.53. The first-order valence-corrected chi connectivity index (χ1v) is 14.3. The van der Waals surface area contributed by atoms with Crippen molar-refractivity contribution in [1.29, 1.82) is 5.26 Å². The Hall–Kier alpha value is -2.42. The number of carbonyl (C=O) groups is 1. The second kappa shape index (κ2) is 13.1. The molecule has 1 fully saturated rings. The maximum Gasteiger partial charge on any atom is 0.280 e. The van der Waals surface area contributed by atoms with Crippen molar-refractivity contribution in [3.05, 3.63) is 16.7 Å². The van der Waals surface area contributed by atoms with E-state index in [9.17, 15) is 9.59 Å². The summed E-state index contributed by atoms with van der Waals surface area (Å²) in [4.78, 5) is 36.4. The molecular formula is C25H40N7O5P. The number of ether oxygens (including phenoxy) is 1. The fraction of sp³-hybridized carbons (Fsp3) is 0.720. The first-order valence-electron chi connectivity index (χ1n) is 13.2. The van der Waals surface area contributed by atoms with Crippen molar-refractivity contribution >= 4 is 31.5 Å². The zero-order chi connectivity index (χ0) is 28.1. The molecule has 1 saturated heterocycles. The van der Waals surface area contributed by atoms with E-state index in [0.29, 0.717) is 0 Å². The van der Waals surface area contributed by atoms with Gasteiger partial charge in [0.15, 0.2) is 17.4 Å². The molecule has 1 aliphatic rings. The molecule has 0 aromatic carbocycles. The van der Waals surface area contributed by atoms with E-state index in [-0.39, 0.29) is 66.1 Å². The van der Waals surface area contributed by atoms with Crippen LogP contribution < -0.4 is 10.9 Å². The molecule has 3 heterocycles. The van der Waals surface area contributed by atoms with E-state index < -0.39 is 26.4 Å². The van der Waals surface area contributed by atoms with Crippen LogP contribution in [0.4, 0.5) is 5.95 Å². The van der Waals surface area contributed by atoms with Crippen molar-refractivity contribution in [2.24, 2.45) is 11.8 Å². The predicted molar refractivity (Wildman–Crippen MR) is 145 cm³/mol. The first-order chi connectivity index (χ1) is 18.0. The van der Waals surface area contributed by atoms with Gasteiger partial charge in [0.2, 0.25) is 11.9 Å². The van der Waals surface area contributed by atoms with Crippen LogP contribution in [0.15, 0.2) is 11.1 Å². The van der Waals surface area contributed by atoms with Gasteiger partial charge in [-0.1, -0.05) is 27.7 Å². The van der Waals surface area contributed by atoms with Gasteiger partial charge in [0, 0.05) is 23.9 Å². The Balaban J connectivity index is 2.02. The highest BCUT2D eigenvalue weighted by Crippen LogP contribution is 2.52. The Morgan fingerprint density at radius 2 is 2.00 bits per heavy atom. The summed E-state index contributed by atoms with van der Waals surface area (Å²) < 4.78 is 23.2. The third kappa shape index (κ3) is 6.58. The van der Waals surface area contributed by atoms with E-state index >= 15 is 0 Å². The lowest BCUT2D eigenvalue weighted by Crippen LogP contribution is -2.36. The molecule has 0 bridgehead atoms. The molecular weight excluding hydrogens is 509 g/mol. The van der Waals surface area contributed by atoms with E-state index in [2.05, 4.69) is 72.6 Å². The number of amides is 1. The summed E-state index contributed by atoms with van der Waals surface area (Å²) >= 11 is 0. The largest absolute Gasteiger partial charge is 0.352 e. The van der Waals surface area contributed by atoms with E-state index in [1.165, 1.54) is 6.33 Å². The van der Waals surface area contributed by atoms with Gasteiger partial charge >= 0.3 is 0 Å². The monoisotopic (exact) mass is 549 g/mol. The van der Waals surface area contributed by atoms with Crippen LogP contribution in [0.25, 0.3) is 11.2 Å². The zero-order valence-corrected chi connectivity index (χ0v) is 24.4. The Bertz CT molecular complexity index is 1180. The van der Waals surface area contributed by atoms with Crippen LogP contribution in [-0.4, -0.2) is 61.0 Å². The van der Waals surface area contributed by atoms with Gasteiger partial charge in [-0.15, -0.1) is 0 Å². The number of aromatic amines is 1. The summed E-state index contributed by atoms with van der Waals surface area (Å²) in [6.45, 7) is 16.2. The molecule has 1 unspecified atom stereocenters. The van der Waals surface area contributed by atoms with Gasteiger partial charge in [-0.05, 0) is 34.1 Å². The van der Waals surface area contributed by atoms with E-state index in [1.807, 2.05) is 0 Å². The third-order valence-corrected chi connectivity index (χ3v) is 8.58. The molecule has 13 heteroatoms. The Morgan fingerprint density at radius 1 is 1.32 bits per heavy atom. The summed E-state index contributed by atoms with van der Waals surface area (Å²) in [6, 6.07) is 2.41. The number of hydrogen-bond donors (Lipinski definition) is 2. The average molecular weight is 550 g/mol. The molecule has 12 nitrogen and oxygen atoms in total. The van der Waals surface area contributed by atoms with Gasteiger partial charge < -0.3 is 13.8 Å². The molecule has 1 aliphatic heterocycles. The van der Waals surface area contributed by atoms with Crippen molar-refractivity contribution in [2.45, 2.75) is 98.8 Å². The number of anilines is 1. The van der Waals surface area contributed by atoms with Gasteiger partial charge in [-0.3, -0.25) is 24.5 Å². The topological polar surface area (TPSA) is 147 Å². The van der Waals surface area contributed by atoms with Gasteiger partial charge in [0.05, 0.1) is 31.5 Å². The van der Waals surface area contributed by atoms with Crippen molar-refractivity contribution in [2.75, 3.05) is 11.9 Å². The second-order valence-electron chi connectivity index (χ2n) is 10.3. The van der Waals surface area contributed by atoms with Gasteiger partial charge in [0.1, 0.15) is 6.10 Å². The minimum absolute atomic E-state index is 0.00435. The predicted octanol–water partition coefficient (Wildman–Crippen LogP) is 4.32. The Kier molecular flexibility index (Phi) is 10.4. The fourth-order valence-electron chi connectivity index (χ4n) is 4.52. The molecule has 1 amide bonds. The molecule has 0 aliphatic carbocycles. The molecule has 2 aromatic heterocycles. The fourth-order valence-corrected chi connectivity index (χ4v) is 6.33. The van der Waals surface area contributed by atoms with Crippen LogP contribution in [0.3, 0.4) is 0 Å². The molecule has 0 spiro atoms. The Morgan fingerprint density at radius 3 is 2.58 bits per heavy atom. The highest BCUT2D eigenvalue weighted by molar-refractivity contribution is 7.44. The molecule has 0 saturated carbocycles. The van der Waals surface area contributed by atoms with Crippen LogP contribution in [0.1, 0.15) is 74.5 Å². The number of rotatable bonds is 12. The Labute approximate surface area is 225 Å². The number of nitrogens with one attached hydrogen (secondary N) is 2. The number of hydrogen-bond acceptors (Lipinski definition) is 9. The second-order valence-corrected chi connectivity index (χ2v) is 11.7. The van der Waals surface area contributed by atoms with Gasteiger partial charge in [-0.25, -0.2) is 9.65 Å². The highest BCUT2D eigenvalue weighted by Gasteiger charge is 2.46. The van der Waals surface area contributed by atoms with Crippen molar-refractivity contribution < 1.29 is 18.6 Å². The number of aromatic nitrogens is 4. The maximum atomic E-state index is 12.8. The summed E-state index contributed by atoms with van der Waals surface area (Å²) in [5.74, 6) is -0.506. The summed E-state index contributed by atoms with van der Waals surface area (Å²) in [6.07, 6.45) is 1.36. The number of nitrogens with zero attached hydrogens (tertiary/aromatic N) is 5. The molecule has 0 radical (unpaired) electrons. The minimum Gasteiger partial charge on any atom is -0.352 e. The number of fused-ring (bicyclic) bond motifs is 1. The van der Waals surface area contributed by atoms with Crippen LogP contribution in [0, 0.1) is 23.2 Å². The lowest BCUT2D eigenvalue weighted by molar-refractivity contribution is -0.118. The maximum absolute atomic E-state index is 12.8. The lowest BCUT2D eigenvalue weighted by atomic mass is 9.99. The molecule has 2 aromatic rings. The number of nitriles is 1. The van der Waals surface area contributed by atoms with Crippen LogP contribution in [0.2, 0.25) is 0 Å². The SMILES string of the molecule is CC[C@H]1O[C@@H](n2cnc3c(=O)[nH]c(NC(=O)C(C)C)nc32)[C@H](OP(OCCC#N)N(C(C)C)C(C)C)[C@@H]1C. The number of carbonyl (C=O) groups excluding carboxylic acids is 1. The third-order valence-electron chi connectivity index (χ3n) is 6.45.